The third kappa shape index (κ3) is 7.99. The Bertz CT molecular complexity index is 1070. The van der Waals surface area contributed by atoms with Crippen molar-refractivity contribution in [3.05, 3.63) is 64.7 Å². The van der Waals surface area contributed by atoms with E-state index in [1.54, 1.807) is 0 Å². The van der Waals surface area contributed by atoms with Crippen molar-refractivity contribution < 1.29 is 22.3 Å². The highest BCUT2D eigenvalue weighted by Crippen LogP contribution is 2.41. The molecule has 4 rings (SSSR count). The normalized spacial score (nSPS) is 23.8. The van der Waals surface area contributed by atoms with Crippen LogP contribution >= 0.6 is 0 Å². The van der Waals surface area contributed by atoms with Gasteiger partial charge in [0.1, 0.15) is 29.0 Å². The molecule has 6 heteroatoms. The molecule has 0 spiro atoms. The predicted molar refractivity (Wildman–Crippen MR) is 146 cm³/mol. The molecule has 2 aliphatic carbocycles. The molecule has 0 amide bonds. The number of nitriles is 1. The molecule has 2 aliphatic rings. The van der Waals surface area contributed by atoms with E-state index in [-0.39, 0.29) is 5.75 Å². The summed E-state index contributed by atoms with van der Waals surface area (Å²) < 4.78 is 61.6. The Balaban J connectivity index is 1.21. The smallest absolute Gasteiger partial charge is 0.426 e. The highest BCUT2D eigenvalue weighted by molar-refractivity contribution is 5.37. The zero-order valence-corrected chi connectivity index (χ0v) is 23.0. The van der Waals surface area contributed by atoms with Crippen LogP contribution in [0, 0.1) is 40.7 Å². The van der Waals surface area contributed by atoms with Gasteiger partial charge >= 0.3 is 6.11 Å². The van der Waals surface area contributed by atoms with Gasteiger partial charge in [0, 0.05) is 0 Å². The lowest BCUT2D eigenvalue weighted by Gasteiger charge is -2.32. The molecular weight excluding hydrogens is 502 g/mol. The van der Waals surface area contributed by atoms with Gasteiger partial charge in [0.2, 0.25) is 0 Å². The predicted octanol–water partition coefficient (Wildman–Crippen LogP) is 10.4. The fourth-order valence-electron chi connectivity index (χ4n) is 6.61. The minimum Gasteiger partial charge on any atom is -0.429 e. The second kappa shape index (κ2) is 13.7. The van der Waals surface area contributed by atoms with E-state index in [2.05, 4.69) is 6.92 Å². The van der Waals surface area contributed by atoms with E-state index >= 15 is 0 Å². The monoisotopic (exact) mass is 543 g/mol. The van der Waals surface area contributed by atoms with Crippen molar-refractivity contribution >= 4 is 0 Å². The van der Waals surface area contributed by atoms with Crippen molar-refractivity contribution in [1.82, 2.24) is 0 Å². The van der Waals surface area contributed by atoms with Crippen LogP contribution in [-0.4, -0.2) is 0 Å². The lowest BCUT2D eigenvalue weighted by molar-refractivity contribution is -0.185. The molecule has 0 aromatic heterocycles. The number of nitrogens with zero attached hydrogens (tertiary/aromatic N) is 1. The number of benzene rings is 2. The Hall–Kier alpha value is -2.55. The summed E-state index contributed by atoms with van der Waals surface area (Å²) in [5, 5.41) is 8.74. The summed E-state index contributed by atoms with van der Waals surface area (Å²) in [7, 11) is 0. The Morgan fingerprint density at radius 1 is 0.795 bits per heavy atom. The molecule has 0 aliphatic heterocycles. The summed E-state index contributed by atoms with van der Waals surface area (Å²) in [5.74, 6) is 0.317. The van der Waals surface area contributed by atoms with Gasteiger partial charge in [-0.3, -0.25) is 0 Å². The Morgan fingerprint density at radius 2 is 1.31 bits per heavy atom. The van der Waals surface area contributed by atoms with E-state index in [9.17, 15) is 17.6 Å². The maximum absolute atomic E-state index is 14.6. The summed E-state index contributed by atoms with van der Waals surface area (Å²) in [6.07, 6.45) is 14.6. The van der Waals surface area contributed by atoms with Crippen LogP contribution in [0.5, 0.6) is 5.75 Å². The van der Waals surface area contributed by atoms with E-state index in [1.165, 1.54) is 95.3 Å². The zero-order chi connectivity index (χ0) is 27.8. The van der Waals surface area contributed by atoms with Crippen molar-refractivity contribution in [3.8, 4) is 11.8 Å². The first-order valence-electron chi connectivity index (χ1n) is 14.9. The van der Waals surface area contributed by atoms with Crippen LogP contribution in [-0.2, 0) is 6.11 Å². The molecule has 2 nitrogen and oxygen atoms in total. The molecule has 2 aromatic carbocycles. The molecule has 0 saturated heterocycles. The third-order valence-electron chi connectivity index (χ3n) is 9.10. The number of hydrogen-bond acceptors (Lipinski definition) is 2. The molecule has 2 saturated carbocycles. The molecule has 0 radical (unpaired) electrons. The van der Waals surface area contributed by atoms with Gasteiger partial charge in [0.25, 0.3) is 0 Å². The van der Waals surface area contributed by atoms with Crippen LogP contribution in [0.15, 0.2) is 36.4 Å². The maximum atomic E-state index is 14.6. The van der Waals surface area contributed by atoms with Crippen LogP contribution in [0.3, 0.4) is 0 Å². The number of hydrogen-bond donors (Lipinski definition) is 0. The van der Waals surface area contributed by atoms with Crippen molar-refractivity contribution in [3.63, 3.8) is 0 Å². The van der Waals surface area contributed by atoms with E-state index in [0.717, 1.165) is 36.2 Å². The van der Waals surface area contributed by atoms with Gasteiger partial charge in [-0.25, -0.2) is 8.78 Å². The summed E-state index contributed by atoms with van der Waals surface area (Å²) in [6, 6.07) is 8.81. The van der Waals surface area contributed by atoms with E-state index in [1.807, 2.05) is 12.1 Å². The van der Waals surface area contributed by atoms with E-state index in [4.69, 9.17) is 10.00 Å². The first-order valence-corrected chi connectivity index (χ1v) is 14.9. The standard InChI is InChI=1S/C33H41F4NO/c1-2-3-4-5-23-6-8-24(9-7-23)10-11-25-12-14-26(15-13-25)27-16-18-29(19-17-27)39-33(36,37)28-20-31(34)30(22-38)32(35)21-28/h16-21,23-26H,2-15H2,1H3. The number of halogens is 4. The number of alkyl halides is 2. The van der Waals surface area contributed by atoms with Gasteiger partial charge in [-0.05, 0) is 79.2 Å². The fourth-order valence-corrected chi connectivity index (χ4v) is 6.61. The van der Waals surface area contributed by atoms with Crippen molar-refractivity contribution in [2.24, 2.45) is 17.8 Å². The Kier molecular flexibility index (Phi) is 10.3. The van der Waals surface area contributed by atoms with Crippen LogP contribution in [0.25, 0.3) is 0 Å². The van der Waals surface area contributed by atoms with E-state index in [0.29, 0.717) is 18.1 Å². The average molecular weight is 544 g/mol. The molecule has 0 unspecified atom stereocenters. The molecule has 39 heavy (non-hydrogen) atoms. The summed E-state index contributed by atoms with van der Waals surface area (Å²) >= 11 is 0. The number of rotatable bonds is 11. The first-order chi connectivity index (χ1) is 18.8. The second-order valence-electron chi connectivity index (χ2n) is 11.8. The molecule has 0 atom stereocenters. The summed E-state index contributed by atoms with van der Waals surface area (Å²) in [6.45, 7) is 2.27. The largest absolute Gasteiger partial charge is 0.429 e. The van der Waals surface area contributed by atoms with Crippen LogP contribution in [0.4, 0.5) is 17.6 Å². The lowest BCUT2D eigenvalue weighted by Crippen LogP contribution is -2.22. The molecule has 2 fully saturated rings. The number of ether oxygens (including phenoxy) is 1. The first kappa shape index (κ1) is 29.4. The highest BCUT2D eigenvalue weighted by atomic mass is 19.3. The Labute approximate surface area is 230 Å². The quantitative estimate of drug-likeness (QED) is 0.209. The van der Waals surface area contributed by atoms with Gasteiger partial charge in [-0.15, -0.1) is 0 Å². The molecule has 0 N–H and O–H groups in total. The topological polar surface area (TPSA) is 33.0 Å². The van der Waals surface area contributed by atoms with Crippen molar-refractivity contribution in [1.29, 1.82) is 5.26 Å². The molecule has 0 bridgehead atoms. The zero-order valence-electron chi connectivity index (χ0n) is 23.0. The van der Waals surface area contributed by atoms with Gasteiger partial charge in [0.15, 0.2) is 0 Å². The molecular formula is C33H41F4NO. The SMILES string of the molecule is CCCCCC1CCC(CCC2CCC(c3ccc(OC(F)(F)c4cc(F)c(C#N)c(F)c4)cc3)CC2)CC1. The van der Waals surface area contributed by atoms with Crippen LogP contribution in [0.2, 0.25) is 0 Å². The van der Waals surface area contributed by atoms with E-state index < -0.39 is 28.9 Å². The minimum absolute atomic E-state index is 0.0808. The fraction of sp³-hybridized carbons (Fsp3) is 0.606. The van der Waals surface area contributed by atoms with Crippen molar-refractivity contribution in [2.75, 3.05) is 0 Å². The molecule has 0 heterocycles. The van der Waals surface area contributed by atoms with Gasteiger partial charge < -0.3 is 4.74 Å². The van der Waals surface area contributed by atoms with Crippen LogP contribution < -0.4 is 4.74 Å². The average Bonchev–Trinajstić information content (AvgIpc) is 2.93. The maximum Gasteiger partial charge on any atom is 0.426 e. The second-order valence-corrected chi connectivity index (χ2v) is 11.8. The summed E-state index contributed by atoms with van der Waals surface area (Å²) in [4.78, 5) is 0. The molecule has 2 aromatic rings. The van der Waals surface area contributed by atoms with Crippen LogP contribution in [0.1, 0.15) is 119 Å². The minimum atomic E-state index is -3.94. The number of unbranched alkanes of at least 4 members (excludes halogenated alkanes) is 2. The third-order valence-corrected chi connectivity index (χ3v) is 9.10. The van der Waals surface area contributed by atoms with Gasteiger partial charge in [-0.2, -0.15) is 14.0 Å². The van der Waals surface area contributed by atoms with Gasteiger partial charge in [0.05, 0.1) is 5.56 Å². The lowest BCUT2D eigenvalue weighted by atomic mass is 9.74. The highest BCUT2D eigenvalue weighted by Gasteiger charge is 2.36. The Morgan fingerprint density at radius 3 is 1.82 bits per heavy atom. The van der Waals surface area contributed by atoms with Gasteiger partial charge in [-0.1, -0.05) is 83.3 Å². The van der Waals surface area contributed by atoms with Crippen molar-refractivity contribution in [2.45, 2.75) is 109 Å². The summed E-state index contributed by atoms with van der Waals surface area (Å²) in [5.41, 5.74) is -0.756. The molecule has 212 valence electrons.